The number of pyridine rings is 1. The fraction of sp³-hybridized carbons (Fsp3) is 0.545. The molecule has 0 fully saturated rings. The molecule has 1 heterocycles. The van der Waals surface area contributed by atoms with Gasteiger partial charge in [-0.1, -0.05) is 22.0 Å². The zero-order chi connectivity index (χ0) is 10.4. The summed E-state index contributed by atoms with van der Waals surface area (Å²) in [5, 5.41) is 4.48. The molecule has 1 atom stereocenters. The van der Waals surface area contributed by atoms with E-state index in [4.69, 9.17) is 0 Å². The highest BCUT2D eigenvalue weighted by molar-refractivity contribution is 9.09. The number of rotatable bonds is 5. The van der Waals surface area contributed by atoms with E-state index in [-0.39, 0.29) is 0 Å². The Morgan fingerprint density at radius 2 is 2.29 bits per heavy atom. The second-order valence-electron chi connectivity index (χ2n) is 3.53. The Kier molecular flexibility index (Phi) is 5.12. The number of hydrogen-bond acceptors (Lipinski definition) is 2. The van der Waals surface area contributed by atoms with Crippen LogP contribution in [0.15, 0.2) is 18.2 Å². The number of halogens is 1. The molecule has 0 saturated carbocycles. The molecule has 3 heteroatoms. The van der Waals surface area contributed by atoms with Crippen molar-refractivity contribution in [2.75, 3.05) is 5.33 Å². The molecule has 1 aromatic rings. The smallest absolute Gasteiger partial charge is 0.0544 e. The molecule has 1 unspecified atom stereocenters. The van der Waals surface area contributed by atoms with Crippen molar-refractivity contribution < 1.29 is 0 Å². The van der Waals surface area contributed by atoms with Crippen LogP contribution in [0.2, 0.25) is 0 Å². The average molecular weight is 257 g/mol. The van der Waals surface area contributed by atoms with Crippen LogP contribution in [0.3, 0.4) is 0 Å². The molecule has 14 heavy (non-hydrogen) atoms. The lowest BCUT2D eigenvalue weighted by Gasteiger charge is -2.11. The van der Waals surface area contributed by atoms with Crippen molar-refractivity contribution in [1.29, 1.82) is 0 Å². The van der Waals surface area contributed by atoms with Crippen LogP contribution in [-0.4, -0.2) is 16.4 Å². The van der Waals surface area contributed by atoms with Crippen LogP contribution in [0.4, 0.5) is 0 Å². The summed E-state index contributed by atoms with van der Waals surface area (Å²) in [6.07, 6.45) is 1.14. The van der Waals surface area contributed by atoms with E-state index < -0.39 is 0 Å². The topological polar surface area (TPSA) is 24.9 Å². The number of nitrogens with zero attached hydrogens (tertiary/aromatic N) is 1. The SMILES string of the molecule is Cc1cccc(CNC(C)CCBr)n1. The van der Waals surface area contributed by atoms with Gasteiger partial charge in [0.05, 0.1) is 5.69 Å². The van der Waals surface area contributed by atoms with Gasteiger partial charge < -0.3 is 5.32 Å². The summed E-state index contributed by atoms with van der Waals surface area (Å²) in [7, 11) is 0. The lowest BCUT2D eigenvalue weighted by molar-refractivity contribution is 0.533. The summed E-state index contributed by atoms with van der Waals surface area (Å²) in [5.41, 5.74) is 2.20. The van der Waals surface area contributed by atoms with Gasteiger partial charge in [-0.15, -0.1) is 0 Å². The van der Waals surface area contributed by atoms with Crippen molar-refractivity contribution in [3.8, 4) is 0 Å². The summed E-state index contributed by atoms with van der Waals surface area (Å²) < 4.78 is 0. The fourth-order valence-electron chi connectivity index (χ4n) is 1.24. The Hall–Kier alpha value is -0.410. The van der Waals surface area contributed by atoms with Crippen molar-refractivity contribution in [1.82, 2.24) is 10.3 Å². The fourth-order valence-corrected chi connectivity index (χ4v) is 1.93. The molecule has 0 bridgehead atoms. The molecule has 2 nitrogen and oxygen atoms in total. The maximum Gasteiger partial charge on any atom is 0.0544 e. The minimum absolute atomic E-state index is 0.539. The molecule has 0 amide bonds. The van der Waals surface area contributed by atoms with Crippen LogP contribution in [0, 0.1) is 6.92 Å². The Labute approximate surface area is 94.3 Å². The molecular formula is C11H17BrN2. The highest BCUT2D eigenvalue weighted by Crippen LogP contribution is 2.00. The number of hydrogen-bond donors (Lipinski definition) is 1. The quantitative estimate of drug-likeness (QED) is 0.820. The van der Waals surface area contributed by atoms with Crippen LogP contribution in [-0.2, 0) is 6.54 Å². The molecule has 1 aromatic heterocycles. The van der Waals surface area contributed by atoms with Gasteiger partial charge in [-0.05, 0) is 32.4 Å². The van der Waals surface area contributed by atoms with Crippen LogP contribution in [0.5, 0.6) is 0 Å². The van der Waals surface area contributed by atoms with Crippen molar-refractivity contribution in [2.24, 2.45) is 0 Å². The minimum Gasteiger partial charge on any atom is -0.309 e. The summed E-state index contributed by atoms with van der Waals surface area (Å²) in [6.45, 7) is 5.07. The van der Waals surface area contributed by atoms with Crippen molar-refractivity contribution >= 4 is 15.9 Å². The van der Waals surface area contributed by atoms with Crippen LogP contribution in [0.25, 0.3) is 0 Å². The highest BCUT2D eigenvalue weighted by atomic mass is 79.9. The Balaban J connectivity index is 2.37. The van der Waals surface area contributed by atoms with Gasteiger partial charge in [0.15, 0.2) is 0 Å². The molecular weight excluding hydrogens is 240 g/mol. The number of aromatic nitrogens is 1. The molecule has 0 aliphatic carbocycles. The highest BCUT2D eigenvalue weighted by Gasteiger charge is 2.00. The van der Waals surface area contributed by atoms with E-state index in [0.717, 1.165) is 29.7 Å². The van der Waals surface area contributed by atoms with Gasteiger partial charge in [0.25, 0.3) is 0 Å². The van der Waals surface area contributed by atoms with E-state index in [1.165, 1.54) is 0 Å². The first kappa shape index (κ1) is 11.7. The van der Waals surface area contributed by atoms with Gasteiger partial charge in [0, 0.05) is 23.6 Å². The van der Waals surface area contributed by atoms with Gasteiger partial charge in [-0.25, -0.2) is 0 Å². The third kappa shape index (κ3) is 4.20. The van der Waals surface area contributed by atoms with E-state index in [0.29, 0.717) is 6.04 Å². The number of nitrogens with one attached hydrogen (secondary N) is 1. The predicted octanol–water partition coefficient (Wildman–Crippen LogP) is 2.65. The third-order valence-electron chi connectivity index (χ3n) is 2.12. The summed E-state index contributed by atoms with van der Waals surface area (Å²) in [6, 6.07) is 6.66. The molecule has 0 aromatic carbocycles. The van der Waals surface area contributed by atoms with Gasteiger partial charge in [0.1, 0.15) is 0 Å². The Morgan fingerprint density at radius 1 is 1.50 bits per heavy atom. The standard InChI is InChI=1S/C11H17BrN2/c1-9(6-7-12)13-8-11-5-3-4-10(2)14-11/h3-5,9,13H,6-8H2,1-2H3. The molecule has 0 saturated heterocycles. The summed E-state index contributed by atoms with van der Waals surface area (Å²) in [4.78, 5) is 4.43. The maximum atomic E-state index is 4.43. The van der Waals surface area contributed by atoms with Gasteiger partial charge >= 0.3 is 0 Å². The first-order valence-electron chi connectivity index (χ1n) is 4.94. The Morgan fingerprint density at radius 3 is 2.93 bits per heavy atom. The first-order valence-corrected chi connectivity index (χ1v) is 6.06. The first-order chi connectivity index (χ1) is 6.72. The van der Waals surface area contributed by atoms with Gasteiger partial charge in [-0.2, -0.15) is 0 Å². The second-order valence-corrected chi connectivity index (χ2v) is 4.32. The molecule has 0 aliphatic rings. The Bertz CT molecular complexity index is 276. The van der Waals surface area contributed by atoms with E-state index in [1.807, 2.05) is 13.0 Å². The van der Waals surface area contributed by atoms with Crippen molar-refractivity contribution in [2.45, 2.75) is 32.9 Å². The van der Waals surface area contributed by atoms with Gasteiger partial charge in [0.2, 0.25) is 0 Å². The lowest BCUT2D eigenvalue weighted by Crippen LogP contribution is -2.26. The summed E-state index contributed by atoms with van der Waals surface area (Å²) >= 11 is 3.43. The molecule has 1 N–H and O–H groups in total. The predicted molar refractivity (Wildman–Crippen MR) is 63.7 cm³/mol. The zero-order valence-electron chi connectivity index (χ0n) is 8.76. The van der Waals surface area contributed by atoms with E-state index >= 15 is 0 Å². The summed E-state index contributed by atoms with van der Waals surface area (Å²) in [5.74, 6) is 0. The van der Waals surface area contributed by atoms with Crippen LogP contribution in [0.1, 0.15) is 24.7 Å². The molecule has 1 rings (SSSR count). The number of aryl methyl sites for hydroxylation is 1. The minimum atomic E-state index is 0.539. The van der Waals surface area contributed by atoms with Crippen LogP contribution < -0.4 is 5.32 Å². The van der Waals surface area contributed by atoms with Crippen molar-refractivity contribution in [3.63, 3.8) is 0 Å². The third-order valence-corrected chi connectivity index (χ3v) is 2.58. The van der Waals surface area contributed by atoms with Gasteiger partial charge in [-0.3, -0.25) is 4.98 Å². The molecule has 0 aliphatic heterocycles. The largest absolute Gasteiger partial charge is 0.309 e. The van der Waals surface area contributed by atoms with E-state index in [1.54, 1.807) is 0 Å². The second kappa shape index (κ2) is 6.14. The number of alkyl halides is 1. The molecule has 0 radical (unpaired) electrons. The van der Waals surface area contributed by atoms with Crippen molar-refractivity contribution in [3.05, 3.63) is 29.6 Å². The monoisotopic (exact) mass is 256 g/mol. The maximum absolute atomic E-state index is 4.43. The molecule has 0 spiro atoms. The lowest BCUT2D eigenvalue weighted by atomic mass is 10.2. The van der Waals surface area contributed by atoms with Crippen LogP contribution >= 0.6 is 15.9 Å². The average Bonchev–Trinajstić information content (AvgIpc) is 2.15. The normalized spacial score (nSPS) is 12.8. The zero-order valence-corrected chi connectivity index (χ0v) is 10.3. The molecule has 78 valence electrons. The van der Waals surface area contributed by atoms with E-state index in [2.05, 4.69) is 45.3 Å². The van der Waals surface area contributed by atoms with E-state index in [9.17, 15) is 0 Å².